The van der Waals surface area contributed by atoms with Gasteiger partial charge in [0.25, 0.3) is 5.91 Å². The van der Waals surface area contributed by atoms with E-state index in [2.05, 4.69) is 25.8 Å². The van der Waals surface area contributed by atoms with E-state index in [0.717, 1.165) is 0 Å². The summed E-state index contributed by atoms with van der Waals surface area (Å²) in [6.45, 7) is 0.840. The van der Waals surface area contributed by atoms with Crippen LogP contribution in [0.5, 0.6) is 0 Å². The van der Waals surface area contributed by atoms with Gasteiger partial charge in [-0.15, -0.1) is 15.3 Å². The van der Waals surface area contributed by atoms with Gasteiger partial charge >= 0.3 is 5.97 Å². The van der Waals surface area contributed by atoms with Gasteiger partial charge in [0.05, 0.1) is 12.7 Å². The van der Waals surface area contributed by atoms with Crippen molar-refractivity contribution in [2.45, 2.75) is 6.54 Å². The molecule has 0 aliphatic carbocycles. The zero-order valence-electron chi connectivity index (χ0n) is 10.2. The molecule has 0 atom stereocenters. The summed E-state index contributed by atoms with van der Waals surface area (Å²) in [7, 11) is 0. The Morgan fingerprint density at radius 1 is 1.25 bits per heavy atom. The summed E-state index contributed by atoms with van der Waals surface area (Å²) in [5.74, 6) is -1.31. The molecule has 0 aromatic carbocycles. The molecule has 2 heterocycles. The van der Waals surface area contributed by atoms with Gasteiger partial charge in [-0.05, 0) is 12.1 Å². The highest BCUT2D eigenvalue weighted by molar-refractivity contribution is 5.90. The van der Waals surface area contributed by atoms with E-state index in [0.29, 0.717) is 18.9 Å². The second-order valence-corrected chi connectivity index (χ2v) is 3.77. The molecule has 0 unspecified atom stereocenters. The van der Waals surface area contributed by atoms with Crippen LogP contribution >= 0.6 is 0 Å². The summed E-state index contributed by atoms with van der Waals surface area (Å²) in [6.07, 6.45) is 1.33. The lowest BCUT2D eigenvalue weighted by Crippen LogP contribution is -2.15. The van der Waals surface area contributed by atoms with Gasteiger partial charge in [-0.2, -0.15) is 0 Å². The first-order valence-electron chi connectivity index (χ1n) is 5.57. The molecule has 0 saturated heterocycles. The number of anilines is 1. The summed E-state index contributed by atoms with van der Waals surface area (Å²) < 4.78 is 1.39. The summed E-state index contributed by atoms with van der Waals surface area (Å²) in [5, 5.41) is 26.1. The summed E-state index contributed by atoms with van der Waals surface area (Å²) in [4.78, 5) is 21.4. The van der Waals surface area contributed by atoms with Gasteiger partial charge in [-0.25, -0.2) is 9.48 Å². The van der Waals surface area contributed by atoms with E-state index in [-0.39, 0.29) is 11.4 Å². The second kappa shape index (κ2) is 5.73. The quantitative estimate of drug-likeness (QED) is 0.607. The number of carboxylic acid groups (broad SMARTS) is 1. The van der Waals surface area contributed by atoms with Crippen molar-refractivity contribution in [2.75, 3.05) is 11.9 Å². The lowest BCUT2D eigenvalue weighted by molar-refractivity contribution is 0.0690. The van der Waals surface area contributed by atoms with Gasteiger partial charge in [0.1, 0.15) is 5.82 Å². The Morgan fingerprint density at radius 2 is 2.05 bits per heavy atom. The van der Waals surface area contributed by atoms with Crippen molar-refractivity contribution >= 4 is 17.7 Å². The highest BCUT2D eigenvalue weighted by atomic mass is 16.4. The monoisotopic (exact) mass is 277 g/mol. The largest absolute Gasteiger partial charge is 0.476 e. The second-order valence-electron chi connectivity index (χ2n) is 3.77. The predicted octanol–water partition coefficient (Wildman–Crippen LogP) is -1.02. The van der Waals surface area contributed by atoms with Crippen LogP contribution in [0.25, 0.3) is 0 Å². The number of aromatic nitrogens is 5. The Kier molecular flexibility index (Phi) is 3.84. The first-order valence-corrected chi connectivity index (χ1v) is 5.57. The summed E-state index contributed by atoms with van der Waals surface area (Å²) >= 11 is 0. The molecule has 2 rings (SSSR count). The molecule has 2 aromatic heterocycles. The fourth-order valence-electron chi connectivity index (χ4n) is 1.36. The van der Waals surface area contributed by atoms with Gasteiger partial charge < -0.3 is 16.2 Å². The average Bonchev–Trinajstić information content (AvgIpc) is 2.88. The lowest BCUT2D eigenvalue weighted by atomic mass is 10.4. The number of carbonyl (C=O) groups excluding carboxylic acids is 1. The van der Waals surface area contributed by atoms with Crippen molar-refractivity contribution in [1.82, 2.24) is 25.2 Å². The minimum Gasteiger partial charge on any atom is -0.476 e. The number of aromatic carboxylic acids is 1. The number of hydrogen-bond donors (Lipinski definition) is 3. The van der Waals surface area contributed by atoms with E-state index < -0.39 is 11.9 Å². The maximum Gasteiger partial charge on any atom is 0.358 e. The molecule has 4 N–H and O–H groups in total. The molecule has 0 aliphatic rings. The Morgan fingerprint density at radius 3 is 2.60 bits per heavy atom. The zero-order valence-corrected chi connectivity index (χ0v) is 10.2. The van der Waals surface area contributed by atoms with Crippen molar-refractivity contribution in [1.29, 1.82) is 0 Å². The van der Waals surface area contributed by atoms with Crippen LogP contribution in [0, 0.1) is 0 Å². The molecule has 0 fully saturated rings. The van der Waals surface area contributed by atoms with Crippen molar-refractivity contribution < 1.29 is 14.7 Å². The van der Waals surface area contributed by atoms with E-state index in [1.165, 1.54) is 16.9 Å². The van der Waals surface area contributed by atoms with Gasteiger partial charge in [0.2, 0.25) is 0 Å². The number of hydrogen-bond acceptors (Lipinski definition) is 7. The number of nitrogens with two attached hydrogens (primary N) is 1. The van der Waals surface area contributed by atoms with E-state index in [9.17, 15) is 9.59 Å². The van der Waals surface area contributed by atoms with Crippen molar-refractivity contribution in [3.05, 3.63) is 29.7 Å². The maximum absolute atomic E-state index is 10.8. The minimum absolute atomic E-state index is 0.0814. The average molecular weight is 277 g/mol. The Balaban J connectivity index is 1.85. The third kappa shape index (κ3) is 3.25. The molecule has 0 radical (unpaired) electrons. The Hall–Kier alpha value is -3.04. The van der Waals surface area contributed by atoms with E-state index >= 15 is 0 Å². The molecular weight excluding hydrogens is 266 g/mol. The third-order valence-corrected chi connectivity index (χ3v) is 2.32. The number of nitrogens with zero attached hydrogens (tertiary/aromatic N) is 5. The number of amides is 1. The number of primary amides is 1. The summed E-state index contributed by atoms with van der Waals surface area (Å²) in [5.41, 5.74) is 5.00. The van der Waals surface area contributed by atoms with Crippen LogP contribution < -0.4 is 11.1 Å². The molecule has 104 valence electrons. The SMILES string of the molecule is NC(=O)c1ccc(NCCn2cc(C(=O)O)nn2)nn1. The van der Waals surface area contributed by atoms with Crippen LogP contribution in [-0.4, -0.2) is 48.7 Å². The first-order chi connectivity index (χ1) is 9.56. The normalized spacial score (nSPS) is 10.2. The Bertz CT molecular complexity index is 622. The standard InChI is InChI=1S/C10H11N7O3/c11-9(18)6-1-2-8(15-13-6)12-3-4-17-5-7(10(19)20)14-16-17/h1-2,5H,3-4H2,(H2,11,18)(H,12,15)(H,19,20). The van der Waals surface area contributed by atoms with E-state index in [1.807, 2.05) is 0 Å². The van der Waals surface area contributed by atoms with Crippen LogP contribution in [0.2, 0.25) is 0 Å². The highest BCUT2D eigenvalue weighted by Crippen LogP contribution is 2.01. The molecular formula is C10H11N7O3. The number of nitrogens with one attached hydrogen (secondary N) is 1. The number of carboxylic acids is 1. The fraction of sp³-hybridized carbons (Fsp3) is 0.200. The minimum atomic E-state index is -1.13. The number of carbonyl (C=O) groups is 2. The molecule has 10 nitrogen and oxygen atoms in total. The molecule has 0 spiro atoms. The molecule has 2 aromatic rings. The van der Waals surface area contributed by atoms with Gasteiger partial charge in [-0.3, -0.25) is 4.79 Å². The fourth-order valence-corrected chi connectivity index (χ4v) is 1.36. The van der Waals surface area contributed by atoms with Gasteiger partial charge in [0, 0.05) is 6.54 Å². The molecule has 0 aliphatic heterocycles. The smallest absolute Gasteiger partial charge is 0.358 e. The first kappa shape index (κ1) is 13.4. The lowest BCUT2D eigenvalue weighted by Gasteiger charge is -2.04. The van der Waals surface area contributed by atoms with Crippen LogP contribution in [0.1, 0.15) is 21.0 Å². The van der Waals surface area contributed by atoms with Crippen molar-refractivity contribution in [3.8, 4) is 0 Å². The van der Waals surface area contributed by atoms with E-state index in [4.69, 9.17) is 10.8 Å². The molecule has 1 amide bonds. The number of rotatable bonds is 6. The molecule has 20 heavy (non-hydrogen) atoms. The topological polar surface area (TPSA) is 149 Å². The van der Waals surface area contributed by atoms with Crippen molar-refractivity contribution in [3.63, 3.8) is 0 Å². The van der Waals surface area contributed by atoms with Crippen LogP contribution in [0.4, 0.5) is 5.82 Å². The van der Waals surface area contributed by atoms with Crippen molar-refractivity contribution in [2.24, 2.45) is 5.73 Å². The molecule has 0 saturated carbocycles. The van der Waals surface area contributed by atoms with Crippen LogP contribution in [0.3, 0.4) is 0 Å². The van der Waals surface area contributed by atoms with E-state index in [1.54, 1.807) is 6.07 Å². The summed E-state index contributed by atoms with van der Waals surface area (Å²) in [6, 6.07) is 3.02. The van der Waals surface area contributed by atoms with Gasteiger partial charge in [-0.1, -0.05) is 5.21 Å². The highest BCUT2D eigenvalue weighted by Gasteiger charge is 2.07. The Labute approximate surface area is 112 Å². The maximum atomic E-state index is 10.8. The zero-order chi connectivity index (χ0) is 14.5. The van der Waals surface area contributed by atoms with Crippen LogP contribution in [0.15, 0.2) is 18.3 Å². The predicted molar refractivity (Wildman–Crippen MR) is 66.0 cm³/mol. The molecule has 10 heteroatoms. The van der Waals surface area contributed by atoms with Gasteiger partial charge in [0.15, 0.2) is 11.4 Å². The third-order valence-electron chi connectivity index (χ3n) is 2.32. The molecule has 0 bridgehead atoms. The van der Waals surface area contributed by atoms with Crippen LogP contribution in [-0.2, 0) is 6.54 Å².